The molecule has 2 aromatic carbocycles. The number of carbonyl (C=O) groups excluding carboxylic acids is 1. The molecule has 0 radical (unpaired) electrons. The van der Waals surface area contributed by atoms with Gasteiger partial charge in [0.25, 0.3) is 0 Å². The van der Waals surface area contributed by atoms with Crippen molar-refractivity contribution in [3.05, 3.63) is 60.2 Å². The lowest BCUT2D eigenvalue weighted by Gasteiger charge is -2.36. The number of nitrogens with one attached hydrogen (secondary N) is 2. The SMILES string of the molecule is O=C(NCC1(Sc2ccccc2)CCOCC1)Nc1ccc(C(F)(F)F)cc1. The van der Waals surface area contributed by atoms with Gasteiger partial charge in [0.1, 0.15) is 0 Å². The quantitative estimate of drug-likeness (QED) is 0.715. The lowest BCUT2D eigenvalue weighted by Crippen LogP contribution is -2.45. The third kappa shape index (κ3) is 5.65. The van der Waals surface area contributed by atoms with E-state index in [0.717, 1.165) is 29.9 Å². The lowest BCUT2D eigenvalue weighted by atomic mass is 9.99. The summed E-state index contributed by atoms with van der Waals surface area (Å²) in [6, 6.07) is 13.9. The summed E-state index contributed by atoms with van der Waals surface area (Å²) in [5, 5.41) is 5.44. The minimum absolute atomic E-state index is 0.183. The van der Waals surface area contributed by atoms with E-state index in [1.165, 1.54) is 12.1 Å². The Morgan fingerprint density at radius 3 is 2.29 bits per heavy atom. The van der Waals surface area contributed by atoms with Crippen molar-refractivity contribution in [2.45, 2.75) is 28.7 Å². The van der Waals surface area contributed by atoms with Crippen molar-refractivity contribution in [1.82, 2.24) is 5.32 Å². The molecular weight excluding hydrogens is 389 g/mol. The minimum Gasteiger partial charge on any atom is -0.381 e. The average Bonchev–Trinajstić information content (AvgIpc) is 2.68. The summed E-state index contributed by atoms with van der Waals surface area (Å²) in [7, 11) is 0. The summed E-state index contributed by atoms with van der Waals surface area (Å²) < 4.78 is 43.1. The first-order valence-electron chi connectivity index (χ1n) is 8.90. The molecule has 0 unspecified atom stereocenters. The Morgan fingerprint density at radius 2 is 1.68 bits per heavy atom. The number of urea groups is 1. The molecule has 0 aromatic heterocycles. The first kappa shape index (κ1) is 20.5. The summed E-state index contributed by atoms with van der Waals surface area (Å²) in [5.41, 5.74) is -0.443. The number of anilines is 1. The molecule has 1 aliphatic heterocycles. The fraction of sp³-hybridized carbons (Fsp3) is 0.350. The van der Waals surface area contributed by atoms with E-state index in [2.05, 4.69) is 10.6 Å². The van der Waals surface area contributed by atoms with Gasteiger partial charge in [0, 0.05) is 35.1 Å². The molecule has 3 rings (SSSR count). The van der Waals surface area contributed by atoms with Crippen LogP contribution in [0.2, 0.25) is 0 Å². The van der Waals surface area contributed by atoms with Crippen LogP contribution < -0.4 is 10.6 Å². The van der Waals surface area contributed by atoms with E-state index in [1.807, 2.05) is 30.3 Å². The second-order valence-electron chi connectivity index (χ2n) is 6.59. The van der Waals surface area contributed by atoms with Gasteiger partial charge in [0.2, 0.25) is 0 Å². The zero-order valence-electron chi connectivity index (χ0n) is 15.1. The third-order valence-electron chi connectivity index (χ3n) is 4.52. The molecule has 2 aromatic rings. The maximum atomic E-state index is 12.6. The Balaban J connectivity index is 1.59. The minimum atomic E-state index is -4.40. The first-order chi connectivity index (χ1) is 13.4. The second kappa shape index (κ2) is 8.87. The number of hydrogen-bond donors (Lipinski definition) is 2. The largest absolute Gasteiger partial charge is 0.416 e. The Kier molecular flexibility index (Phi) is 6.51. The topological polar surface area (TPSA) is 50.4 Å². The first-order valence-corrected chi connectivity index (χ1v) is 9.72. The van der Waals surface area contributed by atoms with Crippen molar-refractivity contribution in [2.75, 3.05) is 25.1 Å². The Labute approximate surface area is 165 Å². The number of alkyl halides is 3. The van der Waals surface area contributed by atoms with Crippen molar-refractivity contribution < 1.29 is 22.7 Å². The fourth-order valence-corrected chi connectivity index (χ4v) is 4.26. The average molecular weight is 410 g/mol. The predicted molar refractivity (Wildman–Crippen MR) is 104 cm³/mol. The highest BCUT2D eigenvalue weighted by molar-refractivity contribution is 8.00. The molecule has 1 aliphatic rings. The molecule has 2 amide bonds. The third-order valence-corrected chi connectivity index (χ3v) is 6.02. The monoisotopic (exact) mass is 410 g/mol. The molecule has 0 aliphatic carbocycles. The Bertz CT molecular complexity index is 776. The normalized spacial score (nSPS) is 16.4. The van der Waals surface area contributed by atoms with E-state index in [4.69, 9.17) is 4.74 Å². The van der Waals surface area contributed by atoms with E-state index in [9.17, 15) is 18.0 Å². The fourth-order valence-electron chi connectivity index (χ4n) is 2.96. The summed E-state index contributed by atoms with van der Waals surface area (Å²) in [6.07, 6.45) is -2.80. The van der Waals surface area contributed by atoms with Crippen molar-refractivity contribution >= 4 is 23.5 Å². The van der Waals surface area contributed by atoms with Crippen molar-refractivity contribution in [2.24, 2.45) is 0 Å². The second-order valence-corrected chi connectivity index (χ2v) is 8.13. The van der Waals surface area contributed by atoms with Gasteiger partial charge in [-0.05, 0) is 49.2 Å². The van der Waals surface area contributed by atoms with Crippen LogP contribution >= 0.6 is 11.8 Å². The van der Waals surface area contributed by atoms with Gasteiger partial charge in [-0.25, -0.2) is 4.79 Å². The lowest BCUT2D eigenvalue weighted by molar-refractivity contribution is -0.137. The van der Waals surface area contributed by atoms with Crippen LogP contribution in [0.5, 0.6) is 0 Å². The Hall–Kier alpha value is -2.19. The van der Waals surface area contributed by atoms with E-state index in [0.29, 0.717) is 25.4 Å². The predicted octanol–water partition coefficient (Wildman–Crippen LogP) is 5.17. The van der Waals surface area contributed by atoms with Crippen LogP contribution in [0.4, 0.5) is 23.7 Å². The molecule has 8 heteroatoms. The van der Waals surface area contributed by atoms with Gasteiger partial charge in [-0.3, -0.25) is 0 Å². The number of ether oxygens (including phenoxy) is 1. The van der Waals surface area contributed by atoms with Gasteiger partial charge < -0.3 is 15.4 Å². The number of hydrogen-bond acceptors (Lipinski definition) is 3. The summed E-state index contributed by atoms with van der Waals surface area (Å²) in [6.45, 7) is 1.69. The van der Waals surface area contributed by atoms with Gasteiger partial charge in [-0.1, -0.05) is 18.2 Å². The highest BCUT2D eigenvalue weighted by Crippen LogP contribution is 2.40. The Morgan fingerprint density at radius 1 is 1.04 bits per heavy atom. The smallest absolute Gasteiger partial charge is 0.381 e. The van der Waals surface area contributed by atoms with Crippen molar-refractivity contribution in [3.8, 4) is 0 Å². The summed E-state index contributed by atoms with van der Waals surface area (Å²) >= 11 is 1.72. The zero-order chi connectivity index (χ0) is 20.0. The summed E-state index contributed by atoms with van der Waals surface area (Å²) in [4.78, 5) is 13.4. The van der Waals surface area contributed by atoms with Crippen LogP contribution in [-0.2, 0) is 10.9 Å². The maximum absolute atomic E-state index is 12.6. The van der Waals surface area contributed by atoms with Crippen molar-refractivity contribution in [3.63, 3.8) is 0 Å². The number of thioether (sulfide) groups is 1. The molecule has 4 nitrogen and oxygen atoms in total. The van der Waals surface area contributed by atoms with Crippen LogP contribution in [-0.4, -0.2) is 30.5 Å². The van der Waals surface area contributed by atoms with Crippen molar-refractivity contribution in [1.29, 1.82) is 0 Å². The van der Waals surface area contributed by atoms with Gasteiger partial charge in [0.15, 0.2) is 0 Å². The zero-order valence-corrected chi connectivity index (χ0v) is 15.9. The molecule has 1 saturated heterocycles. The van der Waals surface area contributed by atoms with Crippen LogP contribution in [0.1, 0.15) is 18.4 Å². The molecule has 28 heavy (non-hydrogen) atoms. The number of halogens is 3. The van der Waals surface area contributed by atoms with Crippen LogP contribution in [0, 0.1) is 0 Å². The highest BCUT2D eigenvalue weighted by atomic mass is 32.2. The number of carbonyl (C=O) groups is 1. The van der Waals surface area contributed by atoms with E-state index >= 15 is 0 Å². The van der Waals surface area contributed by atoms with Crippen LogP contribution in [0.25, 0.3) is 0 Å². The number of rotatable bonds is 5. The number of benzene rings is 2. The van der Waals surface area contributed by atoms with E-state index in [-0.39, 0.29) is 4.75 Å². The standard InChI is InChI=1S/C20H21F3N2O2S/c21-20(22,23)15-6-8-16(9-7-15)25-18(26)24-14-19(10-12-27-13-11-19)28-17-4-2-1-3-5-17/h1-9H,10-14H2,(H2,24,25,26). The molecule has 0 atom stereocenters. The molecule has 1 heterocycles. The highest BCUT2D eigenvalue weighted by Gasteiger charge is 2.34. The van der Waals surface area contributed by atoms with Gasteiger partial charge >= 0.3 is 12.2 Å². The molecule has 150 valence electrons. The number of amides is 2. The molecule has 0 spiro atoms. The maximum Gasteiger partial charge on any atom is 0.416 e. The molecule has 0 bridgehead atoms. The summed E-state index contributed by atoms with van der Waals surface area (Å²) in [5.74, 6) is 0. The van der Waals surface area contributed by atoms with E-state index in [1.54, 1.807) is 11.8 Å². The van der Waals surface area contributed by atoms with Gasteiger partial charge in [-0.15, -0.1) is 11.8 Å². The van der Waals surface area contributed by atoms with E-state index < -0.39 is 17.8 Å². The molecular formula is C20H21F3N2O2S. The van der Waals surface area contributed by atoms with Gasteiger partial charge in [0.05, 0.1) is 5.56 Å². The molecule has 2 N–H and O–H groups in total. The molecule has 0 saturated carbocycles. The molecule has 1 fully saturated rings. The van der Waals surface area contributed by atoms with Gasteiger partial charge in [-0.2, -0.15) is 13.2 Å². The van der Waals surface area contributed by atoms with Crippen LogP contribution in [0.3, 0.4) is 0 Å². The van der Waals surface area contributed by atoms with Crippen LogP contribution in [0.15, 0.2) is 59.5 Å².